The van der Waals surface area contributed by atoms with E-state index in [0.29, 0.717) is 0 Å². The standard InChI is InChI=1S/C10H12BrFO/c1-8(6-7-11)13-10-4-2-9(12)3-5-10/h2-5,8H,6-7H2,1H3. The Kier molecular flexibility index (Phi) is 4.22. The number of ether oxygens (including phenoxy) is 1. The third kappa shape index (κ3) is 3.77. The van der Waals surface area contributed by atoms with Gasteiger partial charge < -0.3 is 4.74 Å². The molecule has 0 N–H and O–H groups in total. The summed E-state index contributed by atoms with van der Waals surface area (Å²) in [6.07, 6.45) is 1.10. The van der Waals surface area contributed by atoms with E-state index in [-0.39, 0.29) is 11.9 Å². The van der Waals surface area contributed by atoms with Gasteiger partial charge in [0, 0.05) is 5.33 Å². The van der Waals surface area contributed by atoms with Crippen LogP contribution < -0.4 is 4.74 Å². The molecule has 0 saturated carbocycles. The van der Waals surface area contributed by atoms with Crippen molar-refractivity contribution < 1.29 is 9.13 Å². The van der Waals surface area contributed by atoms with Crippen LogP contribution in [0.4, 0.5) is 4.39 Å². The van der Waals surface area contributed by atoms with Crippen molar-refractivity contribution >= 4 is 15.9 Å². The first-order valence-electron chi connectivity index (χ1n) is 4.20. The maximum atomic E-state index is 12.5. The van der Waals surface area contributed by atoms with E-state index in [1.54, 1.807) is 12.1 Å². The van der Waals surface area contributed by atoms with E-state index in [9.17, 15) is 4.39 Å². The maximum absolute atomic E-state index is 12.5. The van der Waals surface area contributed by atoms with Crippen molar-refractivity contribution in [1.82, 2.24) is 0 Å². The van der Waals surface area contributed by atoms with Crippen LogP contribution in [-0.2, 0) is 0 Å². The number of hydrogen-bond acceptors (Lipinski definition) is 1. The molecule has 0 spiro atoms. The lowest BCUT2D eigenvalue weighted by Gasteiger charge is -2.12. The van der Waals surface area contributed by atoms with Crippen LogP contribution in [0.3, 0.4) is 0 Å². The Morgan fingerprint density at radius 3 is 2.54 bits per heavy atom. The first kappa shape index (κ1) is 10.5. The highest BCUT2D eigenvalue weighted by Gasteiger charge is 2.02. The quantitative estimate of drug-likeness (QED) is 0.741. The zero-order valence-electron chi connectivity index (χ0n) is 7.47. The molecular weight excluding hydrogens is 235 g/mol. The lowest BCUT2D eigenvalue weighted by atomic mass is 10.3. The van der Waals surface area contributed by atoms with Crippen LogP contribution in [0.1, 0.15) is 13.3 Å². The highest BCUT2D eigenvalue weighted by molar-refractivity contribution is 9.09. The summed E-state index contributed by atoms with van der Waals surface area (Å²) in [6.45, 7) is 1.99. The average molecular weight is 247 g/mol. The fourth-order valence-corrected chi connectivity index (χ4v) is 1.60. The van der Waals surface area contributed by atoms with Gasteiger partial charge in [-0.25, -0.2) is 4.39 Å². The van der Waals surface area contributed by atoms with E-state index < -0.39 is 0 Å². The van der Waals surface area contributed by atoms with Gasteiger partial charge >= 0.3 is 0 Å². The van der Waals surface area contributed by atoms with Crippen LogP contribution in [-0.4, -0.2) is 11.4 Å². The Morgan fingerprint density at radius 2 is 2.00 bits per heavy atom. The van der Waals surface area contributed by atoms with Crippen molar-refractivity contribution in [2.75, 3.05) is 5.33 Å². The summed E-state index contributed by atoms with van der Waals surface area (Å²) in [5.41, 5.74) is 0. The van der Waals surface area contributed by atoms with Crippen LogP contribution in [0.2, 0.25) is 0 Å². The molecule has 0 radical (unpaired) electrons. The van der Waals surface area contributed by atoms with Crippen LogP contribution in [0.15, 0.2) is 24.3 Å². The fraction of sp³-hybridized carbons (Fsp3) is 0.400. The predicted octanol–water partition coefficient (Wildman–Crippen LogP) is 3.38. The number of hydrogen-bond donors (Lipinski definition) is 0. The highest BCUT2D eigenvalue weighted by atomic mass is 79.9. The number of rotatable bonds is 4. The molecule has 0 amide bonds. The van der Waals surface area contributed by atoms with Crippen LogP contribution in [0.25, 0.3) is 0 Å². The molecular formula is C10H12BrFO. The molecule has 1 aromatic carbocycles. The Morgan fingerprint density at radius 1 is 1.38 bits per heavy atom. The van der Waals surface area contributed by atoms with Crippen molar-refractivity contribution in [3.63, 3.8) is 0 Å². The second-order valence-corrected chi connectivity index (χ2v) is 3.65. The highest BCUT2D eigenvalue weighted by Crippen LogP contribution is 2.14. The van der Waals surface area contributed by atoms with Crippen LogP contribution >= 0.6 is 15.9 Å². The minimum absolute atomic E-state index is 0.157. The molecule has 72 valence electrons. The lowest BCUT2D eigenvalue weighted by molar-refractivity contribution is 0.219. The van der Waals surface area contributed by atoms with Crippen molar-refractivity contribution in [3.05, 3.63) is 30.1 Å². The second-order valence-electron chi connectivity index (χ2n) is 2.86. The number of halogens is 2. The van der Waals surface area contributed by atoms with Crippen LogP contribution in [0.5, 0.6) is 5.75 Å². The molecule has 0 heterocycles. The van der Waals surface area contributed by atoms with Crippen molar-refractivity contribution in [3.8, 4) is 5.75 Å². The topological polar surface area (TPSA) is 9.23 Å². The molecule has 0 aliphatic heterocycles. The normalized spacial score (nSPS) is 12.5. The van der Waals surface area contributed by atoms with E-state index in [1.165, 1.54) is 12.1 Å². The molecule has 1 nitrogen and oxygen atoms in total. The van der Waals surface area contributed by atoms with E-state index in [4.69, 9.17) is 4.74 Å². The molecule has 0 aromatic heterocycles. The van der Waals surface area contributed by atoms with E-state index in [2.05, 4.69) is 15.9 Å². The molecule has 1 unspecified atom stereocenters. The van der Waals surface area contributed by atoms with Gasteiger partial charge in [-0.1, -0.05) is 15.9 Å². The van der Waals surface area contributed by atoms with Crippen molar-refractivity contribution in [2.24, 2.45) is 0 Å². The molecule has 0 aliphatic rings. The molecule has 1 aromatic rings. The molecule has 13 heavy (non-hydrogen) atoms. The van der Waals surface area contributed by atoms with Gasteiger partial charge in [0.2, 0.25) is 0 Å². The smallest absolute Gasteiger partial charge is 0.123 e. The number of alkyl halides is 1. The summed E-state index contributed by atoms with van der Waals surface area (Å²) in [4.78, 5) is 0. The zero-order chi connectivity index (χ0) is 9.68. The van der Waals surface area contributed by atoms with Crippen molar-refractivity contribution in [1.29, 1.82) is 0 Å². The average Bonchev–Trinajstić information content (AvgIpc) is 2.09. The van der Waals surface area contributed by atoms with E-state index in [1.807, 2.05) is 6.92 Å². The van der Waals surface area contributed by atoms with Crippen molar-refractivity contribution in [2.45, 2.75) is 19.4 Å². The predicted molar refractivity (Wildman–Crippen MR) is 54.9 cm³/mol. The first-order valence-corrected chi connectivity index (χ1v) is 5.32. The third-order valence-corrected chi connectivity index (χ3v) is 2.12. The second kappa shape index (κ2) is 5.22. The van der Waals surface area contributed by atoms with Gasteiger partial charge in [0.1, 0.15) is 11.6 Å². The largest absolute Gasteiger partial charge is 0.491 e. The SMILES string of the molecule is CC(CCBr)Oc1ccc(F)cc1. The van der Waals surface area contributed by atoms with Gasteiger partial charge in [-0.05, 0) is 37.6 Å². The summed E-state index contributed by atoms with van der Waals surface area (Å²) in [6, 6.07) is 6.08. The summed E-state index contributed by atoms with van der Waals surface area (Å²) in [5, 5.41) is 0.912. The van der Waals surface area contributed by atoms with Gasteiger partial charge in [0.25, 0.3) is 0 Å². The van der Waals surface area contributed by atoms with Gasteiger partial charge in [-0.3, -0.25) is 0 Å². The molecule has 1 rings (SSSR count). The van der Waals surface area contributed by atoms with E-state index >= 15 is 0 Å². The number of benzene rings is 1. The molecule has 0 bridgehead atoms. The third-order valence-electron chi connectivity index (χ3n) is 1.67. The first-order chi connectivity index (χ1) is 6.22. The maximum Gasteiger partial charge on any atom is 0.123 e. The van der Waals surface area contributed by atoms with Gasteiger partial charge in [-0.15, -0.1) is 0 Å². The molecule has 1 atom stereocenters. The molecule has 0 fully saturated rings. The van der Waals surface area contributed by atoms with Gasteiger partial charge in [0.05, 0.1) is 6.10 Å². The Hall–Kier alpha value is -0.570. The Balaban J connectivity index is 2.49. The zero-order valence-corrected chi connectivity index (χ0v) is 9.05. The van der Waals surface area contributed by atoms with Gasteiger partial charge in [0.15, 0.2) is 0 Å². The monoisotopic (exact) mass is 246 g/mol. The van der Waals surface area contributed by atoms with Crippen LogP contribution in [0, 0.1) is 5.82 Å². The Labute approximate surface area is 86.0 Å². The summed E-state index contributed by atoms with van der Waals surface area (Å²) in [5.74, 6) is 0.482. The minimum Gasteiger partial charge on any atom is -0.491 e. The summed E-state index contributed by atoms with van der Waals surface area (Å²) in [7, 11) is 0. The summed E-state index contributed by atoms with van der Waals surface area (Å²) >= 11 is 3.33. The molecule has 0 saturated heterocycles. The Bertz CT molecular complexity index is 248. The minimum atomic E-state index is -0.236. The molecule has 0 aliphatic carbocycles. The van der Waals surface area contributed by atoms with E-state index in [0.717, 1.165) is 17.5 Å². The molecule has 3 heteroatoms. The lowest BCUT2D eigenvalue weighted by Crippen LogP contribution is -2.11. The van der Waals surface area contributed by atoms with Gasteiger partial charge in [-0.2, -0.15) is 0 Å². The fourth-order valence-electron chi connectivity index (χ4n) is 0.958. The summed E-state index contributed by atoms with van der Waals surface area (Å²) < 4.78 is 18.0.